The number of aliphatic hydroxyl groups is 1. The zero-order valence-electron chi connectivity index (χ0n) is 12.2. The van der Waals surface area contributed by atoms with Crippen molar-refractivity contribution in [2.24, 2.45) is 0 Å². The normalized spacial score (nSPS) is 18.0. The topological polar surface area (TPSA) is 29.5 Å². The van der Waals surface area contributed by atoms with E-state index in [0.29, 0.717) is 12.5 Å². The van der Waals surface area contributed by atoms with Gasteiger partial charge in [-0.25, -0.2) is 0 Å². The van der Waals surface area contributed by atoms with E-state index in [1.165, 1.54) is 6.42 Å². The Morgan fingerprint density at radius 1 is 0.952 bits per heavy atom. The lowest BCUT2D eigenvalue weighted by molar-refractivity contribution is -0.104. The fourth-order valence-corrected chi connectivity index (χ4v) is 2.71. The van der Waals surface area contributed by atoms with Crippen molar-refractivity contribution < 1.29 is 9.84 Å². The molecule has 0 aliphatic heterocycles. The summed E-state index contributed by atoms with van der Waals surface area (Å²) in [6.07, 6.45) is 3.63. The van der Waals surface area contributed by atoms with Crippen LogP contribution < -0.4 is 0 Å². The van der Waals surface area contributed by atoms with Crippen molar-refractivity contribution in [1.82, 2.24) is 0 Å². The third-order valence-corrected chi connectivity index (χ3v) is 4.16. The monoisotopic (exact) mass is 282 g/mol. The highest BCUT2D eigenvalue weighted by molar-refractivity contribution is 5.21. The van der Waals surface area contributed by atoms with Crippen LogP contribution >= 0.6 is 0 Å². The fraction of sp³-hybridized carbons (Fsp3) is 0.368. The minimum absolute atomic E-state index is 0.239. The van der Waals surface area contributed by atoms with Crippen molar-refractivity contribution in [3.05, 3.63) is 71.8 Å². The standard InChI is InChI=1S/C19H22O2/c20-18(14-15-8-3-1-4-9-15)19(21-17-12-7-13-17)16-10-5-2-6-11-16/h1-6,8-11,17-20H,7,12-14H2. The molecular weight excluding hydrogens is 260 g/mol. The summed E-state index contributed by atoms with van der Waals surface area (Å²) < 4.78 is 6.16. The van der Waals surface area contributed by atoms with Crippen LogP contribution in [0.2, 0.25) is 0 Å². The molecule has 2 unspecified atom stereocenters. The Morgan fingerprint density at radius 2 is 1.57 bits per heavy atom. The lowest BCUT2D eigenvalue weighted by atomic mass is 9.93. The van der Waals surface area contributed by atoms with Gasteiger partial charge in [-0.1, -0.05) is 60.7 Å². The molecule has 0 bridgehead atoms. The fourth-order valence-electron chi connectivity index (χ4n) is 2.71. The molecule has 0 radical (unpaired) electrons. The Bertz CT molecular complexity index is 534. The third-order valence-electron chi connectivity index (χ3n) is 4.16. The van der Waals surface area contributed by atoms with Gasteiger partial charge in [0.15, 0.2) is 0 Å². The van der Waals surface area contributed by atoms with Gasteiger partial charge < -0.3 is 9.84 Å². The summed E-state index contributed by atoms with van der Waals surface area (Å²) in [5, 5.41) is 10.7. The zero-order chi connectivity index (χ0) is 14.5. The molecule has 1 N–H and O–H groups in total. The maximum atomic E-state index is 10.7. The molecule has 0 saturated heterocycles. The highest BCUT2D eigenvalue weighted by atomic mass is 16.5. The van der Waals surface area contributed by atoms with Crippen LogP contribution in [0, 0.1) is 0 Å². The van der Waals surface area contributed by atoms with Crippen LogP contribution in [-0.2, 0) is 11.2 Å². The summed E-state index contributed by atoms with van der Waals surface area (Å²) in [5.74, 6) is 0. The Labute approximate surface area is 126 Å². The molecule has 1 aliphatic carbocycles. The molecule has 2 atom stereocenters. The highest BCUT2D eigenvalue weighted by Gasteiger charge is 2.28. The van der Waals surface area contributed by atoms with E-state index in [-0.39, 0.29) is 6.10 Å². The lowest BCUT2D eigenvalue weighted by Gasteiger charge is -2.33. The molecule has 1 saturated carbocycles. The quantitative estimate of drug-likeness (QED) is 0.870. The first kappa shape index (κ1) is 14.3. The van der Waals surface area contributed by atoms with Gasteiger partial charge in [-0.15, -0.1) is 0 Å². The number of rotatable bonds is 6. The van der Waals surface area contributed by atoms with Crippen molar-refractivity contribution in [3.63, 3.8) is 0 Å². The molecule has 1 aliphatic rings. The SMILES string of the molecule is OC(Cc1ccccc1)C(OC1CCC1)c1ccccc1. The molecule has 0 spiro atoms. The number of hydrogen-bond acceptors (Lipinski definition) is 2. The van der Waals surface area contributed by atoms with Crippen LogP contribution in [0.5, 0.6) is 0 Å². The second-order valence-corrected chi connectivity index (χ2v) is 5.78. The van der Waals surface area contributed by atoms with Crippen LogP contribution in [-0.4, -0.2) is 17.3 Å². The summed E-state index contributed by atoms with van der Waals surface area (Å²) in [7, 11) is 0. The second-order valence-electron chi connectivity index (χ2n) is 5.78. The third kappa shape index (κ3) is 3.72. The van der Waals surface area contributed by atoms with Gasteiger partial charge in [0.2, 0.25) is 0 Å². The van der Waals surface area contributed by atoms with E-state index in [0.717, 1.165) is 24.0 Å². The largest absolute Gasteiger partial charge is 0.390 e. The van der Waals surface area contributed by atoms with Crippen molar-refractivity contribution >= 4 is 0 Å². The Hall–Kier alpha value is -1.64. The molecule has 3 rings (SSSR count). The number of ether oxygens (including phenoxy) is 1. The molecule has 0 heterocycles. The molecule has 2 aromatic carbocycles. The van der Waals surface area contributed by atoms with E-state index in [9.17, 15) is 5.11 Å². The minimum Gasteiger partial charge on any atom is -0.390 e. The highest BCUT2D eigenvalue weighted by Crippen LogP contribution is 2.31. The zero-order valence-corrected chi connectivity index (χ0v) is 12.2. The summed E-state index contributed by atoms with van der Waals surface area (Å²) >= 11 is 0. The first-order chi connectivity index (χ1) is 10.3. The first-order valence-corrected chi connectivity index (χ1v) is 7.75. The first-order valence-electron chi connectivity index (χ1n) is 7.75. The van der Waals surface area contributed by atoms with Crippen LogP contribution in [0.3, 0.4) is 0 Å². The van der Waals surface area contributed by atoms with Gasteiger partial charge in [-0.3, -0.25) is 0 Å². The summed E-state index contributed by atoms with van der Waals surface area (Å²) in [6.45, 7) is 0. The molecule has 2 aromatic rings. The van der Waals surface area contributed by atoms with Crippen molar-refractivity contribution in [2.45, 2.75) is 44.0 Å². The van der Waals surface area contributed by atoms with Gasteiger partial charge in [-0.05, 0) is 30.4 Å². The van der Waals surface area contributed by atoms with Crippen LogP contribution in [0.1, 0.15) is 36.5 Å². The lowest BCUT2D eigenvalue weighted by Crippen LogP contribution is -2.31. The number of benzene rings is 2. The molecule has 0 aromatic heterocycles. The summed E-state index contributed by atoms with van der Waals surface area (Å²) in [5.41, 5.74) is 2.20. The maximum Gasteiger partial charge on any atom is 0.109 e. The van der Waals surface area contributed by atoms with Crippen LogP contribution in [0.25, 0.3) is 0 Å². The molecule has 2 nitrogen and oxygen atoms in total. The Kier molecular flexibility index (Phi) is 4.69. The van der Waals surface area contributed by atoms with Crippen molar-refractivity contribution in [1.29, 1.82) is 0 Å². The van der Waals surface area contributed by atoms with Gasteiger partial charge in [0.1, 0.15) is 6.10 Å². The predicted octanol–water partition coefficient (Wildman–Crippen LogP) is 3.90. The summed E-state index contributed by atoms with van der Waals surface area (Å²) in [4.78, 5) is 0. The smallest absolute Gasteiger partial charge is 0.109 e. The van der Waals surface area contributed by atoms with E-state index < -0.39 is 6.10 Å². The number of hydrogen-bond donors (Lipinski definition) is 1. The Balaban J connectivity index is 1.74. The molecule has 1 fully saturated rings. The average Bonchev–Trinajstić information content (AvgIpc) is 2.48. The van der Waals surface area contributed by atoms with Gasteiger partial charge in [0.25, 0.3) is 0 Å². The van der Waals surface area contributed by atoms with Crippen LogP contribution in [0.4, 0.5) is 0 Å². The van der Waals surface area contributed by atoms with E-state index in [4.69, 9.17) is 4.74 Å². The predicted molar refractivity (Wildman–Crippen MR) is 84.1 cm³/mol. The Morgan fingerprint density at radius 3 is 2.14 bits per heavy atom. The van der Waals surface area contributed by atoms with E-state index in [1.807, 2.05) is 48.5 Å². The molecule has 2 heteroatoms. The van der Waals surface area contributed by atoms with Gasteiger partial charge in [0, 0.05) is 6.42 Å². The average molecular weight is 282 g/mol. The molecular formula is C19H22O2. The molecule has 110 valence electrons. The second kappa shape index (κ2) is 6.88. The molecule has 0 amide bonds. The summed E-state index contributed by atoms with van der Waals surface area (Å²) in [6, 6.07) is 20.2. The van der Waals surface area contributed by atoms with E-state index >= 15 is 0 Å². The van der Waals surface area contributed by atoms with Gasteiger partial charge >= 0.3 is 0 Å². The minimum atomic E-state index is -0.518. The number of aliphatic hydroxyl groups excluding tert-OH is 1. The van der Waals surface area contributed by atoms with E-state index in [2.05, 4.69) is 12.1 Å². The van der Waals surface area contributed by atoms with Crippen molar-refractivity contribution in [3.8, 4) is 0 Å². The van der Waals surface area contributed by atoms with E-state index in [1.54, 1.807) is 0 Å². The van der Waals surface area contributed by atoms with Gasteiger partial charge in [-0.2, -0.15) is 0 Å². The van der Waals surface area contributed by atoms with Crippen molar-refractivity contribution in [2.75, 3.05) is 0 Å². The van der Waals surface area contributed by atoms with Gasteiger partial charge in [0.05, 0.1) is 12.2 Å². The van der Waals surface area contributed by atoms with Crippen LogP contribution in [0.15, 0.2) is 60.7 Å². The molecule has 21 heavy (non-hydrogen) atoms. The maximum absolute atomic E-state index is 10.7.